The lowest BCUT2D eigenvalue weighted by Gasteiger charge is -2.06. The third-order valence-corrected chi connectivity index (χ3v) is 2.60. The first-order valence-corrected chi connectivity index (χ1v) is 6.24. The number of urea groups is 1. The topological polar surface area (TPSA) is 115 Å². The molecule has 1 aromatic heterocycles. The number of carbonyl (C=O) groups is 3. The molecular formula is C13H13N5O4. The van der Waals surface area contributed by atoms with Gasteiger partial charge in [0.2, 0.25) is 0 Å². The van der Waals surface area contributed by atoms with Crippen molar-refractivity contribution >= 4 is 17.9 Å². The molecule has 0 aliphatic carbocycles. The molecule has 2 N–H and O–H groups in total. The van der Waals surface area contributed by atoms with E-state index in [2.05, 4.69) is 15.4 Å². The first kappa shape index (κ1) is 15.2. The maximum absolute atomic E-state index is 11.8. The van der Waals surface area contributed by atoms with Crippen LogP contribution >= 0.6 is 0 Å². The first-order chi connectivity index (χ1) is 10.6. The molecule has 0 bridgehead atoms. The smallest absolute Gasteiger partial charge is 0.338 e. The third-order valence-electron chi connectivity index (χ3n) is 2.60. The van der Waals surface area contributed by atoms with E-state index < -0.39 is 24.5 Å². The van der Waals surface area contributed by atoms with E-state index in [1.165, 1.54) is 36.5 Å². The number of nitrogens with zero attached hydrogens (tertiary/aromatic N) is 3. The average Bonchev–Trinajstić information content (AvgIpc) is 3.07. The Hall–Kier alpha value is -3.23. The van der Waals surface area contributed by atoms with Gasteiger partial charge in [-0.3, -0.25) is 10.1 Å². The number of aromatic nitrogens is 3. The molecular weight excluding hydrogens is 290 g/mol. The van der Waals surface area contributed by atoms with Crippen molar-refractivity contribution in [3.8, 4) is 5.69 Å². The minimum atomic E-state index is -0.716. The van der Waals surface area contributed by atoms with Gasteiger partial charge in [0.1, 0.15) is 12.7 Å². The van der Waals surface area contributed by atoms with Gasteiger partial charge in [0.25, 0.3) is 5.91 Å². The van der Waals surface area contributed by atoms with Crippen LogP contribution in [0.3, 0.4) is 0 Å². The molecule has 2 aromatic rings. The van der Waals surface area contributed by atoms with Crippen LogP contribution in [0.4, 0.5) is 4.79 Å². The lowest BCUT2D eigenvalue weighted by molar-refractivity contribution is -0.123. The summed E-state index contributed by atoms with van der Waals surface area (Å²) in [6.45, 7) is -0.545. The number of hydrogen-bond acceptors (Lipinski definition) is 6. The zero-order chi connectivity index (χ0) is 15.9. The van der Waals surface area contributed by atoms with Crippen LogP contribution in [0.2, 0.25) is 0 Å². The molecule has 1 heterocycles. The van der Waals surface area contributed by atoms with Gasteiger partial charge in [0, 0.05) is 7.05 Å². The van der Waals surface area contributed by atoms with Crippen molar-refractivity contribution < 1.29 is 19.1 Å². The minimum Gasteiger partial charge on any atom is -0.452 e. The van der Waals surface area contributed by atoms with E-state index in [4.69, 9.17) is 4.74 Å². The molecule has 114 valence electrons. The zero-order valence-corrected chi connectivity index (χ0v) is 11.6. The van der Waals surface area contributed by atoms with Gasteiger partial charge in [-0.05, 0) is 24.3 Å². The van der Waals surface area contributed by atoms with Crippen LogP contribution in [0.15, 0.2) is 36.9 Å². The average molecular weight is 303 g/mol. The van der Waals surface area contributed by atoms with E-state index in [1.807, 2.05) is 5.32 Å². The number of hydrogen-bond donors (Lipinski definition) is 2. The second kappa shape index (κ2) is 6.97. The molecule has 0 radical (unpaired) electrons. The van der Waals surface area contributed by atoms with E-state index in [9.17, 15) is 14.4 Å². The summed E-state index contributed by atoms with van der Waals surface area (Å²) < 4.78 is 6.33. The summed E-state index contributed by atoms with van der Waals surface area (Å²) in [6, 6.07) is 5.73. The van der Waals surface area contributed by atoms with Gasteiger partial charge >= 0.3 is 12.0 Å². The van der Waals surface area contributed by atoms with Gasteiger partial charge in [-0.2, -0.15) is 5.10 Å². The van der Waals surface area contributed by atoms with E-state index in [-0.39, 0.29) is 5.56 Å². The van der Waals surface area contributed by atoms with Crippen LogP contribution in [0.25, 0.3) is 5.69 Å². The summed E-state index contributed by atoms with van der Waals surface area (Å²) in [5.41, 5.74) is 1.00. The maximum atomic E-state index is 11.8. The molecule has 0 aliphatic rings. The van der Waals surface area contributed by atoms with Gasteiger partial charge in [0.15, 0.2) is 6.61 Å². The van der Waals surface area contributed by atoms with Crippen LogP contribution in [-0.2, 0) is 9.53 Å². The van der Waals surface area contributed by atoms with Crippen molar-refractivity contribution in [1.29, 1.82) is 0 Å². The van der Waals surface area contributed by atoms with Crippen molar-refractivity contribution in [2.45, 2.75) is 0 Å². The Kier molecular flexibility index (Phi) is 4.81. The Balaban J connectivity index is 1.90. The summed E-state index contributed by atoms with van der Waals surface area (Å²) in [4.78, 5) is 37.8. The summed E-state index contributed by atoms with van der Waals surface area (Å²) in [5, 5.41) is 8.14. The van der Waals surface area contributed by atoms with Crippen molar-refractivity contribution in [1.82, 2.24) is 25.4 Å². The molecule has 1 aromatic carbocycles. The normalized spacial score (nSPS) is 9.86. The van der Waals surface area contributed by atoms with Crippen molar-refractivity contribution in [2.75, 3.05) is 13.7 Å². The third kappa shape index (κ3) is 3.88. The molecule has 0 saturated carbocycles. The number of esters is 1. The van der Waals surface area contributed by atoms with Crippen molar-refractivity contribution in [3.63, 3.8) is 0 Å². The Morgan fingerprint density at radius 2 is 1.95 bits per heavy atom. The Labute approximate surface area is 125 Å². The lowest BCUT2D eigenvalue weighted by Crippen LogP contribution is -2.39. The SMILES string of the molecule is CNC(=O)NC(=O)COC(=O)c1ccc(-n2cncn2)cc1. The van der Waals surface area contributed by atoms with E-state index in [0.717, 1.165) is 5.69 Å². The predicted octanol–water partition coefficient (Wildman–Crippen LogP) is -0.120. The largest absolute Gasteiger partial charge is 0.452 e. The Morgan fingerprint density at radius 3 is 2.55 bits per heavy atom. The number of carbonyl (C=O) groups excluding carboxylic acids is 3. The molecule has 0 saturated heterocycles. The number of rotatable bonds is 4. The highest BCUT2D eigenvalue weighted by Crippen LogP contribution is 2.09. The maximum Gasteiger partial charge on any atom is 0.338 e. The van der Waals surface area contributed by atoms with Crippen molar-refractivity contribution in [2.24, 2.45) is 0 Å². The van der Waals surface area contributed by atoms with Gasteiger partial charge in [-0.15, -0.1) is 0 Å². The molecule has 0 aliphatic heterocycles. The standard InChI is InChI=1S/C13H13N5O4/c1-14-13(21)17-11(19)6-22-12(20)9-2-4-10(5-3-9)18-8-15-7-16-18/h2-5,7-8H,6H2,1H3,(H2,14,17,19,21). The van der Waals surface area contributed by atoms with E-state index >= 15 is 0 Å². The van der Waals surface area contributed by atoms with Crippen LogP contribution in [-0.4, -0.2) is 46.3 Å². The zero-order valence-electron chi connectivity index (χ0n) is 11.6. The molecule has 2 rings (SSSR count). The second-order valence-corrected chi connectivity index (χ2v) is 4.09. The number of ether oxygens (including phenoxy) is 1. The van der Waals surface area contributed by atoms with Crippen LogP contribution in [0.1, 0.15) is 10.4 Å². The number of nitrogens with one attached hydrogen (secondary N) is 2. The summed E-state index contributed by atoms with van der Waals surface area (Å²) in [5.74, 6) is -1.39. The highest BCUT2D eigenvalue weighted by Gasteiger charge is 2.12. The number of imide groups is 1. The van der Waals surface area contributed by atoms with Gasteiger partial charge in [0.05, 0.1) is 11.3 Å². The Morgan fingerprint density at radius 1 is 1.23 bits per heavy atom. The molecule has 0 atom stereocenters. The Bertz CT molecular complexity index is 666. The van der Waals surface area contributed by atoms with Gasteiger partial charge in [-0.25, -0.2) is 19.3 Å². The van der Waals surface area contributed by atoms with Crippen molar-refractivity contribution in [3.05, 3.63) is 42.5 Å². The molecule has 9 nitrogen and oxygen atoms in total. The van der Waals surface area contributed by atoms with Crippen LogP contribution in [0.5, 0.6) is 0 Å². The minimum absolute atomic E-state index is 0.275. The summed E-state index contributed by atoms with van der Waals surface area (Å²) in [6.07, 6.45) is 2.92. The highest BCUT2D eigenvalue weighted by molar-refractivity contribution is 5.96. The fourth-order valence-corrected chi connectivity index (χ4v) is 1.53. The lowest BCUT2D eigenvalue weighted by atomic mass is 10.2. The van der Waals surface area contributed by atoms with E-state index in [1.54, 1.807) is 12.1 Å². The highest BCUT2D eigenvalue weighted by atomic mass is 16.5. The number of benzene rings is 1. The fraction of sp³-hybridized carbons (Fsp3) is 0.154. The molecule has 0 unspecified atom stereocenters. The molecule has 9 heteroatoms. The quantitative estimate of drug-likeness (QED) is 0.761. The van der Waals surface area contributed by atoms with Gasteiger partial charge in [-0.1, -0.05) is 0 Å². The summed E-state index contributed by atoms with van der Waals surface area (Å²) >= 11 is 0. The van der Waals surface area contributed by atoms with Crippen LogP contribution < -0.4 is 10.6 Å². The fourth-order valence-electron chi connectivity index (χ4n) is 1.53. The summed E-state index contributed by atoms with van der Waals surface area (Å²) in [7, 11) is 1.37. The molecule has 22 heavy (non-hydrogen) atoms. The number of amides is 3. The molecule has 0 spiro atoms. The molecule has 0 fully saturated rings. The van der Waals surface area contributed by atoms with E-state index in [0.29, 0.717) is 0 Å². The predicted molar refractivity (Wildman–Crippen MR) is 74.2 cm³/mol. The van der Waals surface area contributed by atoms with Crippen LogP contribution in [0, 0.1) is 0 Å². The first-order valence-electron chi connectivity index (χ1n) is 6.24. The monoisotopic (exact) mass is 303 g/mol. The van der Waals surface area contributed by atoms with Gasteiger partial charge < -0.3 is 10.1 Å². The second-order valence-electron chi connectivity index (χ2n) is 4.09. The molecule has 3 amide bonds.